The molecular weight excluding hydrogens is 466 g/mol. The number of benzene rings is 2. The summed E-state index contributed by atoms with van der Waals surface area (Å²) in [6.45, 7) is 5.98. The molecule has 1 aliphatic rings. The molecule has 1 aliphatic heterocycles. The molecule has 0 bridgehead atoms. The van der Waals surface area contributed by atoms with Crippen molar-refractivity contribution in [2.75, 3.05) is 18.4 Å². The Morgan fingerprint density at radius 2 is 1.76 bits per heavy atom. The third-order valence-electron chi connectivity index (χ3n) is 5.17. The van der Waals surface area contributed by atoms with Crippen molar-refractivity contribution in [2.45, 2.75) is 37.9 Å². The van der Waals surface area contributed by atoms with Crippen LogP contribution in [0.4, 0.5) is 5.69 Å². The van der Waals surface area contributed by atoms with Gasteiger partial charge in [-0.15, -0.1) is 5.10 Å². The molecule has 0 unspecified atom stereocenters. The third kappa shape index (κ3) is 5.09. The van der Waals surface area contributed by atoms with Crippen LogP contribution < -0.4 is 5.32 Å². The minimum absolute atomic E-state index is 0.156. The van der Waals surface area contributed by atoms with E-state index in [0.717, 1.165) is 0 Å². The molecule has 2 atom stereocenters. The SMILES string of the molecule is Cc1nn(-c2cccc(Cl)c2)nc1C(=O)Nc1ccc(S(=O)(=O)N2C[C@H](C)O[C@@H](C)C2)cc1. The first-order valence-corrected chi connectivity index (χ1v) is 12.2. The van der Waals surface area contributed by atoms with E-state index in [4.69, 9.17) is 16.3 Å². The number of morpholine rings is 1. The van der Waals surface area contributed by atoms with Gasteiger partial charge in [-0.3, -0.25) is 4.79 Å². The van der Waals surface area contributed by atoms with Gasteiger partial charge in [-0.05, 0) is 63.2 Å². The zero-order chi connectivity index (χ0) is 23.8. The first-order chi connectivity index (χ1) is 15.6. The monoisotopic (exact) mass is 489 g/mol. The van der Waals surface area contributed by atoms with E-state index in [0.29, 0.717) is 35.2 Å². The van der Waals surface area contributed by atoms with Crippen molar-refractivity contribution in [3.05, 3.63) is 64.9 Å². The number of carbonyl (C=O) groups excluding carboxylic acids is 1. The molecule has 9 nitrogen and oxygen atoms in total. The quantitative estimate of drug-likeness (QED) is 0.589. The lowest BCUT2D eigenvalue weighted by Crippen LogP contribution is -2.48. The minimum atomic E-state index is -3.66. The second-order valence-corrected chi connectivity index (χ2v) is 10.3. The molecule has 3 aromatic rings. The van der Waals surface area contributed by atoms with E-state index in [1.165, 1.54) is 21.2 Å². The van der Waals surface area contributed by atoms with Crippen molar-refractivity contribution in [1.82, 2.24) is 19.3 Å². The maximum Gasteiger partial charge on any atom is 0.278 e. The van der Waals surface area contributed by atoms with Crippen LogP contribution in [0.15, 0.2) is 53.4 Å². The fourth-order valence-electron chi connectivity index (χ4n) is 3.68. The van der Waals surface area contributed by atoms with Crippen molar-refractivity contribution in [3.8, 4) is 5.69 Å². The van der Waals surface area contributed by atoms with Gasteiger partial charge in [-0.1, -0.05) is 17.7 Å². The Labute approximate surface area is 197 Å². The van der Waals surface area contributed by atoms with Gasteiger partial charge in [0, 0.05) is 23.8 Å². The highest BCUT2D eigenvalue weighted by Gasteiger charge is 2.32. The summed E-state index contributed by atoms with van der Waals surface area (Å²) < 4.78 is 33.0. The molecule has 0 radical (unpaired) electrons. The van der Waals surface area contributed by atoms with Crippen LogP contribution in [0.5, 0.6) is 0 Å². The summed E-state index contributed by atoms with van der Waals surface area (Å²) in [5.74, 6) is -0.452. The number of ether oxygens (including phenoxy) is 1. The van der Waals surface area contributed by atoms with E-state index in [-0.39, 0.29) is 22.8 Å². The fraction of sp³-hybridized carbons (Fsp3) is 0.318. The van der Waals surface area contributed by atoms with Crippen molar-refractivity contribution >= 4 is 33.2 Å². The van der Waals surface area contributed by atoms with Gasteiger partial charge < -0.3 is 10.1 Å². The number of nitrogens with zero attached hydrogens (tertiary/aromatic N) is 4. The van der Waals surface area contributed by atoms with E-state index in [9.17, 15) is 13.2 Å². The van der Waals surface area contributed by atoms with Gasteiger partial charge in [0.25, 0.3) is 5.91 Å². The normalized spacial score (nSPS) is 19.4. The zero-order valence-corrected chi connectivity index (χ0v) is 20.0. The maximum absolute atomic E-state index is 13.0. The average Bonchev–Trinajstić information content (AvgIpc) is 3.15. The van der Waals surface area contributed by atoms with Gasteiger partial charge in [-0.2, -0.15) is 14.2 Å². The molecule has 0 spiro atoms. The number of amides is 1. The Morgan fingerprint density at radius 1 is 1.09 bits per heavy atom. The number of hydrogen-bond acceptors (Lipinski definition) is 6. The molecule has 1 saturated heterocycles. The first kappa shape index (κ1) is 23.4. The van der Waals surface area contributed by atoms with Gasteiger partial charge in [0.15, 0.2) is 5.69 Å². The van der Waals surface area contributed by atoms with Crippen LogP contribution >= 0.6 is 11.6 Å². The molecule has 1 N–H and O–H groups in total. The van der Waals surface area contributed by atoms with Gasteiger partial charge in [-0.25, -0.2) is 8.42 Å². The fourth-order valence-corrected chi connectivity index (χ4v) is 5.46. The van der Waals surface area contributed by atoms with Crippen LogP contribution in [-0.2, 0) is 14.8 Å². The van der Waals surface area contributed by atoms with Crippen LogP contribution in [0.3, 0.4) is 0 Å². The average molecular weight is 490 g/mol. The third-order valence-corrected chi connectivity index (χ3v) is 7.25. The van der Waals surface area contributed by atoms with Crippen LogP contribution in [-0.4, -0.2) is 58.9 Å². The molecule has 11 heteroatoms. The Balaban J connectivity index is 1.49. The number of rotatable bonds is 5. The number of carbonyl (C=O) groups is 1. The standard InChI is InChI=1S/C22H24ClN5O4S/c1-14-12-27(13-15(2)32-14)33(30,31)20-9-7-18(8-10-20)24-22(29)21-16(3)25-28(26-21)19-6-4-5-17(23)11-19/h4-11,14-15H,12-13H2,1-3H3,(H,24,29)/t14-,15-/m0/s1. The number of nitrogens with one attached hydrogen (secondary N) is 1. The Bertz CT molecular complexity index is 1270. The lowest BCUT2D eigenvalue weighted by Gasteiger charge is -2.34. The largest absolute Gasteiger partial charge is 0.373 e. The van der Waals surface area contributed by atoms with E-state index in [2.05, 4.69) is 15.5 Å². The van der Waals surface area contributed by atoms with Crippen molar-refractivity contribution in [1.29, 1.82) is 0 Å². The Morgan fingerprint density at radius 3 is 2.39 bits per heavy atom. The van der Waals surface area contributed by atoms with Crippen LogP contribution in [0.1, 0.15) is 30.0 Å². The second kappa shape index (κ2) is 9.22. The van der Waals surface area contributed by atoms with E-state index >= 15 is 0 Å². The number of sulfonamides is 1. The summed E-state index contributed by atoms with van der Waals surface area (Å²) in [7, 11) is -3.66. The Kier molecular flexibility index (Phi) is 6.53. The van der Waals surface area contributed by atoms with Gasteiger partial charge in [0.2, 0.25) is 10.0 Å². The Hall–Kier alpha value is -2.79. The summed E-state index contributed by atoms with van der Waals surface area (Å²) in [6.07, 6.45) is -0.351. The van der Waals surface area contributed by atoms with E-state index < -0.39 is 15.9 Å². The maximum atomic E-state index is 13.0. The lowest BCUT2D eigenvalue weighted by molar-refractivity contribution is -0.0440. The minimum Gasteiger partial charge on any atom is -0.373 e. The summed E-state index contributed by atoms with van der Waals surface area (Å²) >= 11 is 6.02. The summed E-state index contributed by atoms with van der Waals surface area (Å²) in [6, 6.07) is 13.0. The molecule has 4 rings (SSSR count). The highest BCUT2D eigenvalue weighted by Crippen LogP contribution is 2.23. The smallest absolute Gasteiger partial charge is 0.278 e. The molecule has 33 heavy (non-hydrogen) atoms. The second-order valence-electron chi connectivity index (χ2n) is 7.96. The molecule has 1 aromatic heterocycles. The first-order valence-electron chi connectivity index (χ1n) is 10.4. The van der Waals surface area contributed by atoms with Crippen molar-refractivity contribution in [3.63, 3.8) is 0 Å². The zero-order valence-electron chi connectivity index (χ0n) is 18.4. The number of aromatic nitrogens is 3. The number of hydrogen-bond donors (Lipinski definition) is 1. The summed E-state index contributed by atoms with van der Waals surface area (Å²) in [5.41, 5.74) is 1.68. The van der Waals surface area contributed by atoms with E-state index in [1.54, 1.807) is 43.3 Å². The lowest BCUT2D eigenvalue weighted by atomic mass is 10.3. The topological polar surface area (TPSA) is 106 Å². The molecule has 174 valence electrons. The molecule has 1 fully saturated rings. The molecule has 1 amide bonds. The number of halogens is 1. The molecule has 0 saturated carbocycles. The van der Waals surface area contributed by atoms with Crippen LogP contribution in [0.2, 0.25) is 5.02 Å². The summed E-state index contributed by atoms with van der Waals surface area (Å²) in [5, 5.41) is 11.8. The van der Waals surface area contributed by atoms with Crippen molar-refractivity contribution < 1.29 is 17.9 Å². The predicted octanol–water partition coefficient (Wildman–Crippen LogP) is 3.28. The summed E-state index contributed by atoms with van der Waals surface area (Å²) in [4.78, 5) is 14.3. The number of anilines is 1. The van der Waals surface area contributed by atoms with Crippen LogP contribution in [0, 0.1) is 6.92 Å². The van der Waals surface area contributed by atoms with Crippen molar-refractivity contribution in [2.24, 2.45) is 0 Å². The molecule has 0 aliphatic carbocycles. The number of aryl methyl sites for hydroxylation is 1. The highest BCUT2D eigenvalue weighted by molar-refractivity contribution is 7.89. The van der Waals surface area contributed by atoms with Gasteiger partial charge >= 0.3 is 0 Å². The predicted molar refractivity (Wildman–Crippen MR) is 124 cm³/mol. The molecular formula is C22H24ClN5O4S. The molecule has 2 aromatic carbocycles. The molecule has 2 heterocycles. The van der Waals surface area contributed by atoms with Gasteiger partial charge in [0.1, 0.15) is 0 Å². The van der Waals surface area contributed by atoms with E-state index in [1.807, 2.05) is 13.8 Å². The van der Waals surface area contributed by atoms with Crippen LogP contribution in [0.25, 0.3) is 5.69 Å². The van der Waals surface area contributed by atoms with Gasteiger partial charge in [0.05, 0.1) is 28.5 Å². The highest BCUT2D eigenvalue weighted by atomic mass is 35.5.